The Bertz CT molecular complexity index is 1270. The summed E-state index contributed by atoms with van der Waals surface area (Å²) in [5.41, 5.74) is 1.33. The maximum atomic E-state index is 12.6. The second-order valence-electron chi connectivity index (χ2n) is 6.77. The number of nitrogens with one attached hydrogen (secondary N) is 2. The Morgan fingerprint density at radius 3 is 2.61 bits per heavy atom. The fourth-order valence-electron chi connectivity index (χ4n) is 2.94. The first-order valence-corrected chi connectivity index (χ1v) is 11.9. The average molecular weight is 453 g/mol. The third-order valence-electron chi connectivity index (χ3n) is 4.49. The van der Waals surface area contributed by atoms with Crippen molar-refractivity contribution in [3.63, 3.8) is 0 Å². The molecule has 0 atom stereocenters. The molecule has 0 aliphatic carbocycles. The summed E-state index contributed by atoms with van der Waals surface area (Å²) < 4.78 is 29.4. The van der Waals surface area contributed by atoms with E-state index in [0.29, 0.717) is 12.4 Å². The predicted octanol–water partition coefficient (Wildman–Crippen LogP) is 3.72. The molecule has 0 saturated carbocycles. The van der Waals surface area contributed by atoms with Crippen LogP contribution in [0.4, 0.5) is 5.82 Å². The number of rotatable bonds is 8. The normalized spacial score (nSPS) is 11.4. The predicted molar refractivity (Wildman–Crippen MR) is 121 cm³/mol. The third-order valence-corrected chi connectivity index (χ3v) is 6.77. The smallest absolute Gasteiger partial charge is 0.256 e. The van der Waals surface area contributed by atoms with Crippen LogP contribution in [0.3, 0.4) is 0 Å². The molecule has 0 radical (unpaired) electrons. The Morgan fingerprint density at radius 2 is 1.84 bits per heavy atom. The van der Waals surface area contributed by atoms with Gasteiger partial charge in [0, 0.05) is 29.2 Å². The number of hydrogen-bond donors (Lipinski definition) is 2. The minimum atomic E-state index is -3.74. The van der Waals surface area contributed by atoms with Gasteiger partial charge >= 0.3 is 0 Å². The first-order valence-electron chi connectivity index (χ1n) is 9.50. The fraction of sp³-hybridized carbons (Fsp3) is 0.0909. The minimum Gasteiger partial charge on any atom is -0.305 e. The van der Waals surface area contributed by atoms with Gasteiger partial charge in [0.15, 0.2) is 5.82 Å². The maximum absolute atomic E-state index is 12.6. The fourth-order valence-corrected chi connectivity index (χ4v) is 4.73. The van der Waals surface area contributed by atoms with Crippen LogP contribution in [0, 0.1) is 0 Å². The van der Waals surface area contributed by atoms with E-state index in [1.54, 1.807) is 29.1 Å². The van der Waals surface area contributed by atoms with E-state index in [1.165, 1.54) is 23.5 Å². The number of aromatic nitrogens is 2. The van der Waals surface area contributed by atoms with Gasteiger partial charge in [-0.05, 0) is 35.2 Å². The van der Waals surface area contributed by atoms with E-state index >= 15 is 0 Å². The van der Waals surface area contributed by atoms with Gasteiger partial charge in [-0.3, -0.25) is 9.48 Å². The molecule has 0 saturated heterocycles. The molecule has 2 aromatic heterocycles. The zero-order valence-electron chi connectivity index (χ0n) is 16.4. The van der Waals surface area contributed by atoms with Crippen LogP contribution in [-0.4, -0.2) is 24.1 Å². The van der Waals surface area contributed by atoms with E-state index in [9.17, 15) is 13.2 Å². The van der Waals surface area contributed by atoms with Gasteiger partial charge in [-0.1, -0.05) is 42.5 Å². The molecular weight excluding hydrogens is 432 g/mol. The molecule has 0 unspecified atom stereocenters. The molecule has 31 heavy (non-hydrogen) atoms. The third kappa shape index (κ3) is 5.46. The lowest BCUT2D eigenvalue weighted by Crippen LogP contribution is -2.23. The van der Waals surface area contributed by atoms with E-state index in [-0.39, 0.29) is 17.0 Å². The number of sulfonamides is 1. The minimum absolute atomic E-state index is 0.0336. The van der Waals surface area contributed by atoms with Crippen LogP contribution < -0.4 is 10.0 Å². The number of benzene rings is 2. The van der Waals surface area contributed by atoms with Gasteiger partial charge in [-0.2, -0.15) is 5.10 Å². The highest BCUT2D eigenvalue weighted by Gasteiger charge is 2.17. The number of amides is 1. The zero-order chi connectivity index (χ0) is 21.7. The molecule has 4 rings (SSSR count). The molecule has 0 bridgehead atoms. The topological polar surface area (TPSA) is 93.1 Å². The van der Waals surface area contributed by atoms with E-state index < -0.39 is 15.9 Å². The van der Waals surface area contributed by atoms with E-state index in [4.69, 9.17) is 0 Å². The first kappa shape index (κ1) is 21.0. The Kier molecular flexibility index (Phi) is 6.26. The van der Waals surface area contributed by atoms with E-state index in [1.807, 2.05) is 47.8 Å². The van der Waals surface area contributed by atoms with Gasteiger partial charge in [-0.15, -0.1) is 11.3 Å². The van der Waals surface area contributed by atoms with Crippen LogP contribution in [0.5, 0.6) is 0 Å². The van der Waals surface area contributed by atoms with E-state index in [2.05, 4.69) is 15.1 Å². The molecule has 0 aliphatic heterocycles. The molecule has 9 heteroatoms. The summed E-state index contributed by atoms with van der Waals surface area (Å²) >= 11 is 1.47. The van der Waals surface area contributed by atoms with Crippen molar-refractivity contribution in [3.05, 3.63) is 100 Å². The molecule has 7 nitrogen and oxygen atoms in total. The van der Waals surface area contributed by atoms with Crippen molar-refractivity contribution >= 4 is 33.1 Å². The van der Waals surface area contributed by atoms with Crippen LogP contribution in [0.2, 0.25) is 0 Å². The number of thiophene rings is 1. The Labute approximate surface area is 184 Å². The molecular formula is C22H20N4O3S2. The van der Waals surface area contributed by atoms with Gasteiger partial charge in [0.05, 0.1) is 11.4 Å². The van der Waals surface area contributed by atoms with Crippen molar-refractivity contribution in [2.24, 2.45) is 0 Å². The van der Waals surface area contributed by atoms with Crippen molar-refractivity contribution in [2.75, 3.05) is 5.32 Å². The molecule has 0 spiro atoms. The highest BCUT2D eigenvalue weighted by molar-refractivity contribution is 7.89. The molecule has 4 aromatic rings. The van der Waals surface area contributed by atoms with Gasteiger partial charge in [0.2, 0.25) is 10.0 Å². The zero-order valence-corrected chi connectivity index (χ0v) is 18.1. The quantitative estimate of drug-likeness (QED) is 0.426. The number of carbonyl (C=O) groups excluding carboxylic acids is 1. The average Bonchev–Trinajstić information content (AvgIpc) is 3.45. The highest BCUT2D eigenvalue weighted by atomic mass is 32.2. The highest BCUT2D eigenvalue weighted by Crippen LogP contribution is 2.15. The standard InChI is InChI=1S/C22H20N4O3S2/c27-22(24-21-11-12-26(25-21)16-17-6-2-1-3-7-17)18-8-4-10-20(14-18)31(28,29)23-15-19-9-5-13-30-19/h1-14,23H,15-16H2,(H,24,25,27). The molecule has 0 aliphatic rings. The summed E-state index contributed by atoms with van der Waals surface area (Å²) in [5.74, 6) is -0.0368. The Morgan fingerprint density at radius 1 is 1.00 bits per heavy atom. The summed E-state index contributed by atoms with van der Waals surface area (Å²) in [6, 6.07) is 21.2. The van der Waals surface area contributed by atoms with Crippen LogP contribution in [0.1, 0.15) is 20.8 Å². The second-order valence-corrected chi connectivity index (χ2v) is 9.57. The van der Waals surface area contributed by atoms with Crippen LogP contribution in [0.15, 0.2) is 89.3 Å². The van der Waals surface area contributed by atoms with Gasteiger partial charge in [0.1, 0.15) is 0 Å². The Hall–Kier alpha value is -3.27. The second kappa shape index (κ2) is 9.25. The lowest BCUT2D eigenvalue weighted by atomic mass is 10.2. The first-order chi connectivity index (χ1) is 15.0. The molecule has 1 amide bonds. The summed E-state index contributed by atoms with van der Waals surface area (Å²) in [5, 5.41) is 8.95. The SMILES string of the molecule is O=C(Nc1ccn(Cc2ccccc2)n1)c1cccc(S(=O)(=O)NCc2cccs2)c1. The molecule has 158 valence electrons. The molecule has 2 N–H and O–H groups in total. The summed E-state index contributed by atoms with van der Waals surface area (Å²) in [6.07, 6.45) is 1.78. The molecule has 0 fully saturated rings. The number of carbonyl (C=O) groups is 1. The lowest BCUT2D eigenvalue weighted by molar-refractivity contribution is 0.102. The maximum Gasteiger partial charge on any atom is 0.256 e. The van der Waals surface area contributed by atoms with Crippen molar-refractivity contribution in [2.45, 2.75) is 18.0 Å². The number of hydrogen-bond acceptors (Lipinski definition) is 5. The van der Waals surface area contributed by atoms with Crippen LogP contribution in [-0.2, 0) is 23.1 Å². The van der Waals surface area contributed by atoms with Crippen molar-refractivity contribution < 1.29 is 13.2 Å². The lowest BCUT2D eigenvalue weighted by Gasteiger charge is -2.08. The summed E-state index contributed by atoms with van der Waals surface area (Å²) in [4.78, 5) is 13.6. The summed E-state index contributed by atoms with van der Waals surface area (Å²) in [7, 11) is -3.74. The number of anilines is 1. The van der Waals surface area contributed by atoms with Gasteiger partial charge in [0.25, 0.3) is 5.91 Å². The van der Waals surface area contributed by atoms with Gasteiger partial charge < -0.3 is 5.32 Å². The van der Waals surface area contributed by atoms with Crippen LogP contribution >= 0.6 is 11.3 Å². The number of nitrogens with zero attached hydrogens (tertiary/aromatic N) is 2. The van der Waals surface area contributed by atoms with Crippen molar-refractivity contribution in [1.29, 1.82) is 0 Å². The van der Waals surface area contributed by atoms with Crippen molar-refractivity contribution in [1.82, 2.24) is 14.5 Å². The van der Waals surface area contributed by atoms with Crippen LogP contribution in [0.25, 0.3) is 0 Å². The largest absolute Gasteiger partial charge is 0.305 e. The molecule has 2 heterocycles. The summed E-state index contributed by atoms with van der Waals surface area (Å²) in [6.45, 7) is 0.787. The Balaban J connectivity index is 1.42. The van der Waals surface area contributed by atoms with E-state index in [0.717, 1.165) is 10.4 Å². The monoisotopic (exact) mass is 452 g/mol. The van der Waals surface area contributed by atoms with Crippen molar-refractivity contribution in [3.8, 4) is 0 Å². The van der Waals surface area contributed by atoms with Gasteiger partial charge in [-0.25, -0.2) is 13.1 Å². The molecule has 2 aromatic carbocycles.